The molecule has 4 aliphatic rings. The van der Waals surface area contributed by atoms with E-state index >= 15 is 0 Å². The minimum absolute atomic E-state index is 0.0100. The summed E-state index contributed by atoms with van der Waals surface area (Å²) in [5.41, 5.74) is 0.00671. The predicted octanol–water partition coefficient (Wildman–Crippen LogP) is 4.21. The second-order valence-corrected chi connectivity index (χ2v) is 11.6. The van der Waals surface area contributed by atoms with Crippen molar-refractivity contribution < 1.29 is 28.2 Å². The third kappa shape index (κ3) is 4.90. The number of benzene rings is 2. The van der Waals surface area contributed by atoms with Crippen LogP contribution >= 0.6 is 0 Å². The van der Waals surface area contributed by atoms with Crippen molar-refractivity contribution in [3.8, 4) is 5.75 Å². The van der Waals surface area contributed by atoms with Crippen molar-refractivity contribution in [1.82, 2.24) is 10.2 Å². The monoisotopic (exact) mass is 561 g/mol. The fourth-order valence-corrected chi connectivity index (χ4v) is 7.04. The SMILES string of the molecule is CCOc1ccc(NC(=O)[C@@H]2[C@@H]3C=C[C@]4(O3)[C@@H]2C(=O)N(Cc2ccc(F)cc2)[C@H]4C(=O)N[C@H]2CCCC[C@H]2C)cc1. The van der Waals surface area contributed by atoms with Crippen LogP contribution in [0.3, 0.4) is 0 Å². The lowest BCUT2D eigenvalue weighted by molar-refractivity contribution is -0.142. The average molecular weight is 562 g/mol. The zero-order chi connectivity index (χ0) is 28.7. The smallest absolute Gasteiger partial charge is 0.246 e. The van der Waals surface area contributed by atoms with Crippen LogP contribution in [-0.2, 0) is 25.7 Å². The van der Waals surface area contributed by atoms with Crippen LogP contribution in [-0.4, -0.2) is 53.0 Å². The summed E-state index contributed by atoms with van der Waals surface area (Å²) in [6.45, 7) is 4.67. The first-order valence-electron chi connectivity index (χ1n) is 14.6. The van der Waals surface area contributed by atoms with Crippen molar-refractivity contribution in [3.63, 3.8) is 0 Å². The Labute approximate surface area is 239 Å². The van der Waals surface area contributed by atoms with E-state index in [2.05, 4.69) is 17.6 Å². The van der Waals surface area contributed by atoms with Crippen LogP contribution in [0.5, 0.6) is 5.75 Å². The van der Waals surface area contributed by atoms with Crippen LogP contribution < -0.4 is 15.4 Å². The number of hydrogen-bond donors (Lipinski definition) is 2. The fourth-order valence-electron chi connectivity index (χ4n) is 7.04. The maximum atomic E-state index is 14.2. The van der Waals surface area contributed by atoms with Crippen molar-refractivity contribution in [2.45, 2.75) is 69.9 Å². The molecule has 7 atom stereocenters. The van der Waals surface area contributed by atoms with Gasteiger partial charge in [-0.3, -0.25) is 14.4 Å². The summed E-state index contributed by atoms with van der Waals surface area (Å²) in [5.74, 6) is -1.96. The molecule has 3 amide bonds. The Hall–Kier alpha value is -3.72. The van der Waals surface area contributed by atoms with E-state index in [0.29, 0.717) is 29.5 Å². The molecule has 9 heteroatoms. The molecule has 3 fully saturated rings. The summed E-state index contributed by atoms with van der Waals surface area (Å²) in [7, 11) is 0. The van der Waals surface area contributed by atoms with Crippen LogP contribution in [0.25, 0.3) is 0 Å². The van der Waals surface area contributed by atoms with Crippen LogP contribution in [0, 0.1) is 23.6 Å². The Kier molecular flexibility index (Phi) is 7.32. The van der Waals surface area contributed by atoms with Crippen molar-refractivity contribution in [1.29, 1.82) is 0 Å². The van der Waals surface area contributed by atoms with E-state index in [0.717, 1.165) is 25.7 Å². The summed E-state index contributed by atoms with van der Waals surface area (Å²) in [6, 6.07) is 12.0. The highest BCUT2D eigenvalue weighted by Crippen LogP contribution is 2.55. The molecule has 2 aromatic rings. The molecule has 3 aliphatic heterocycles. The van der Waals surface area contributed by atoms with Gasteiger partial charge in [0.1, 0.15) is 23.2 Å². The number of fused-ring (bicyclic) bond motifs is 1. The van der Waals surface area contributed by atoms with Gasteiger partial charge in [0, 0.05) is 18.3 Å². The Morgan fingerprint density at radius 3 is 2.51 bits per heavy atom. The number of nitrogens with one attached hydrogen (secondary N) is 2. The van der Waals surface area contributed by atoms with Gasteiger partial charge in [-0.25, -0.2) is 4.39 Å². The third-order valence-corrected chi connectivity index (χ3v) is 9.06. The maximum absolute atomic E-state index is 14.2. The molecule has 0 aromatic heterocycles. The first-order valence-corrected chi connectivity index (χ1v) is 14.6. The molecule has 3 heterocycles. The lowest BCUT2D eigenvalue weighted by Crippen LogP contribution is -2.57. The molecule has 2 bridgehead atoms. The number of likely N-dealkylation sites (tertiary alicyclic amines) is 1. The van der Waals surface area contributed by atoms with Crippen molar-refractivity contribution in [2.75, 3.05) is 11.9 Å². The first kappa shape index (κ1) is 27.4. The average Bonchev–Trinajstić information content (AvgIpc) is 3.60. The number of carbonyl (C=O) groups is 3. The van der Waals surface area contributed by atoms with E-state index in [1.54, 1.807) is 48.6 Å². The Morgan fingerprint density at radius 2 is 1.80 bits per heavy atom. The van der Waals surface area contributed by atoms with E-state index in [9.17, 15) is 18.8 Å². The largest absolute Gasteiger partial charge is 0.494 e. The van der Waals surface area contributed by atoms with Crippen molar-refractivity contribution >= 4 is 23.4 Å². The third-order valence-electron chi connectivity index (χ3n) is 9.06. The van der Waals surface area contributed by atoms with Crippen molar-refractivity contribution in [2.24, 2.45) is 17.8 Å². The normalized spacial score (nSPS) is 31.7. The van der Waals surface area contributed by atoms with Gasteiger partial charge in [-0.05, 0) is 67.6 Å². The van der Waals surface area contributed by atoms with E-state index < -0.39 is 29.6 Å². The second-order valence-electron chi connectivity index (χ2n) is 11.6. The maximum Gasteiger partial charge on any atom is 0.246 e. The molecule has 8 nitrogen and oxygen atoms in total. The van der Waals surface area contributed by atoms with Gasteiger partial charge in [0.2, 0.25) is 17.7 Å². The summed E-state index contributed by atoms with van der Waals surface area (Å²) in [6.07, 6.45) is 7.08. The predicted molar refractivity (Wildman–Crippen MR) is 150 cm³/mol. The number of nitrogens with zero attached hydrogens (tertiary/aromatic N) is 1. The number of hydrogen-bond acceptors (Lipinski definition) is 5. The standard InChI is InChI=1S/C32H36FN3O5/c1-3-40-23-14-12-22(13-15-23)34-29(37)26-25-16-17-32(41-25)27(26)31(39)36(18-20-8-10-21(33)11-9-20)28(32)30(38)35-24-7-5-4-6-19(24)2/h8-17,19,24-28H,3-7,18H2,1-2H3,(H,34,37)(H,35,38)/t19-,24+,25+,26-,27+,28+,32+/m1/s1. The highest BCUT2D eigenvalue weighted by atomic mass is 19.1. The lowest BCUT2D eigenvalue weighted by Gasteiger charge is -2.36. The molecule has 216 valence electrons. The van der Waals surface area contributed by atoms with Crippen LogP contribution in [0.4, 0.5) is 10.1 Å². The Balaban J connectivity index is 1.29. The molecule has 1 aliphatic carbocycles. The molecule has 1 spiro atoms. The van der Waals surface area contributed by atoms with Crippen molar-refractivity contribution in [3.05, 3.63) is 72.1 Å². The van der Waals surface area contributed by atoms with Gasteiger partial charge in [0.05, 0.1) is 24.5 Å². The molecule has 0 radical (unpaired) electrons. The first-order chi connectivity index (χ1) is 19.8. The molecule has 1 saturated carbocycles. The molecule has 2 aromatic carbocycles. The van der Waals surface area contributed by atoms with Gasteiger partial charge in [-0.15, -0.1) is 0 Å². The molecule has 41 heavy (non-hydrogen) atoms. The Bertz CT molecular complexity index is 1350. The summed E-state index contributed by atoms with van der Waals surface area (Å²) in [5, 5.41) is 6.16. The molecule has 2 N–H and O–H groups in total. The zero-order valence-corrected chi connectivity index (χ0v) is 23.3. The van der Waals surface area contributed by atoms with Gasteiger partial charge in [-0.1, -0.05) is 44.1 Å². The second kappa shape index (κ2) is 10.9. The number of amides is 3. The topological polar surface area (TPSA) is 97.0 Å². The molecule has 0 unspecified atom stereocenters. The van der Waals surface area contributed by atoms with Crippen LogP contribution in [0.2, 0.25) is 0 Å². The zero-order valence-electron chi connectivity index (χ0n) is 23.3. The van der Waals surface area contributed by atoms with Gasteiger partial charge < -0.3 is 25.0 Å². The number of ether oxygens (including phenoxy) is 2. The van der Waals surface area contributed by atoms with Gasteiger partial charge in [0.25, 0.3) is 0 Å². The highest BCUT2D eigenvalue weighted by Gasteiger charge is 2.72. The van der Waals surface area contributed by atoms with E-state index in [4.69, 9.17) is 9.47 Å². The molecule has 2 saturated heterocycles. The summed E-state index contributed by atoms with van der Waals surface area (Å²) < 4.78 is 25.6. The van der Waals surface area contributed by atoms with E-state index in [1.165, 1.54) is 17.0 Å². The number of halogens is 1. The Morgan fingerprint density at radius 1 is 1.07 bits per heavy atom. The van der Waals surface area contributed by atoms with E-state index in [1.807, 2.05) is 6.92 Å². The fraction of sp³-hybridized carbons (Fsp3) is 0.469. The van der Waals surface area contributed by atoms with E-state index in [-0.39, 0.29) is 36.1 Å². The van der Waals surface area contributed by atoms with Gasteiger partial charge in [-0.2, -0.15) is 0 Å². The van der Waals surface area contributed by atoms with Gasteiger partial charge >= 0.3 is 0 Å². The number of anilines is 1. The summed E-state index contributed by atoms with van der Waals surface area (Å²) in [4.78, 5) is 43.4. The summed E-state index contributed by atoms with van der Waals surface area (Å²) >= 11 is 0. The quantitative estimate of drug-likeness (QED) is 0.471. The number of carbonyl (C=O) groups excluding carboxylic acids is 3. The van der Waals surface area contributed by atoms with Gasteiger partial charge in [0.15, 0.2) is 0 Å². The lowest BCUT2D eigenvalue weighted by atomic mass is 9.74. The highest BCUT2D eigenvalue weighted by molar-refractivity contribution is 6.02. The number of rotatable bonds is 8. The van der Waals surface area contributed by atoms with Crippen LogP contribution in [0.15, 0.2) is 60.7 Å². The molecular formula is C32H36FN3O5. The molecule has 6 rings (SSSR count). The molecular weight excluding hydrogens is 525 g/mol. The minimum Gasteiger partial charge on any atom is -0.494 e. The minimum atomic E-state index is -1.26. The van der Waals surface area contributed by atoms with Crippen LogP contribution in [0.1, 0.15) is 45.1 Å².